The quantitative estimate of drug-likeness (QED) is 0.172. The van der Waals surface area contributed by atoms with Crippen molar-refractivity contribution in [2.24, 2.45) is 0 Å². The van der Waals surface area contributed by atoms with Gasteiger partial charge in [-0.15, -0.1) is 0 Å². The molecule has 2 heteroatoms. The minimum atomic E-state index is -0.455. The first kappa shape index (κ1) is 36.1. The van der Waals surface area contributed by atoms with Crippen LogP contribution in [0.25, 0.3) is 88.0 Å². The van der Waals surface area contributed by atoms with Gasteiger partial charge in [0.05, 0.1) is 5.41 Å². The van der Waals surface area contributed by atoms with Gasteiger partial charge in [-0.3, -0.25) is 0 Å². The number of rotatable bonds is 5. The van der Waals surface area contributed by atoms with Gasteiger partial charge in [0.1, 0.15) is 11.2 Å². The zero-order chi connectivity index (χ0) is 42.6. The van der Waals surface area contributed by atoms with E-state index in [2.05, 4.69) is 241 Å². The van der Waals surface area contributed by atoms with Crippen LogP contribution in [0.5, 0.6) is 0 Å². The Morgan fingerprint density at radius 2 is 0.846 bits per heavy atom. The van der Waals surface area contributed by atoms with Crippen molar-refractivity contribution in [3.8, 4) is 44.5 Å². The minimum absolute atomic E-state index is 0.455. The zero-order valence-electron chi connectivity index (χ0n) is 35.4. The van der Waals surface area contributed by atoms with Crippen LogP contribution in [0.15, 0.2) is 241 Å². The van der Waals surface area contributed by atoms with Crippen LogP contribution in [0.2, 0.25) is 0 Å². The van der Waals surface area contributed by atoms with Crippen molar-refractivity contribution < 1.29 is 4.42 Å². The number of hydrogen-bond donors (Lipinski definition) is 0. The first-order valence-electron chi connectivity index (χ1n) is 22.5. The molecule has 12 aromatic rings. The topological polar surface area (TPSA) is 16.4 Å². The van der Waals surface area contributed by atoms with Crippen LogP contribution in [0.1, 0.15) is 22.3 Å². The van der Waals surface area contributed by atoms with Crippen LogP contribution in [0.4, 0.5) is 17.1 Å². The maximum atomic E-state index is 6.98. The number of furan rings is 1. The summed E-state index contributed by atoms with van der Waals surface area (Å²) < 4.78 is 6.98. The van der Waals surface area contributed by atoms with E-state index in [1.807, 2.05) is 0 Å². The Morgan fingerprint density at radius 3 is 1.57 bits per heavy atom. The second-order valence-corrected chi connectivity index (χ2v) is 17.6. The van der Waals surface area contributed by atoms with Gasteiger partial charge < -0.3 is 9.32 Å². The van der Waals surface area contributed by atoms with Gasteiger partial charge in [0.2, 0.25) is 0 Å². The Balaban J connectivity index is 1.01. The fraction of sp³-hybridized carbons (Fsp3) is 0.0159. The lowest BCUT2D eigenvalue weighted by atomic mass is 9.70. The van der Waals surface area contributed by atoms with Crippen molar-refractivity contribution in [3.05, 3.63) is 259 Å². The third kappa shape index (κ3) is 5.17. The molecule has 0 saturated heterocycles. The van der Waals surface area contributed by atoms with E-state index < -0.39 is 5.41 Å². The van der Waals surface area contributed by atoms with Crippen LogP contribution in [0.3, 0.4) is 0 Å². The molecule has 0 amide bonds. The van der Waals surface area contributed by atoms with Gasteiger partial charge in [-0.25, -0.2) is 0 Å². The lowest BCUT2D eigenvalue weighted by molar-refractivity contribution is 0.670. The van der Waals surface area contributed by atoms with Crippen LogP contribution in [-0.4, -0.2) is 0 Å². The highest BCUT2D eigenvalue weighted by Crippen LogP contribution is 2.63. The highest BCUT2D eigenvalue weighted by molar-refractivity contribution is 6.19. The highest BCUT2D eigenvalue weighted by Gasteiger charge is 2.51. The molecule has 0 radical (unpaired) electrons. The number of fused-ring (bicyclic) bond motifs is 15. The largest absolute Gasteiger partial charge is 0.455 e. The molecule has 302 valence electrons. The van der Waals surface area contributed by atoms with E-state index in [9.17, 15) is 0 Å². The molecular weight excluding hydrogens is 787 g/mol. The molecule has 0 unspecified atom stereocenters. The van der Waals surface area contributed by atoms with E-state index in [1.165, 1.54) is 77.2 Å². The molecule has 14 rings (SSSR count). The second-order valence-electron chi connectivity index (χ2n) is 17.6. The molecule has 65 heavy (non-hydrogen) atoms. The van der Waals surface area contributed by atoms with Crippen molar-refractivity contribution in [3.63, 3.8) is 0 Å². The second kappa shape index (κ2) is 13.8. The predicted octanol–water partition coefficient (Wildman–Crippen LogP) is 17.0. The minimum Gasteiger partial charge on any atom is -0.455 e. The summed E-state index contributed by atoms with van der Waals surface area (Å²) >= 11 is 0. The van der Waals surface area contributed by atoms with Crippen molar-refractivity contribution in [1.82, 2.24) is 0 Å². The van der Waals surface area contributed by atoms with Gasteiger partial charge >= 0.3 is 0 Å². The molecule has 2 aliphatic rings. The van der Waals surface area contributed by atoms with Crippen LogP contribution in [0, 0.1) is 0 Å². The number of anilines is 3. The van der Waals surface area contributed by atoms with E-state index in [0.29, 0.717) is 0 Å². The van der Waals surface area contributed by atoms with Crippen molar-refractivity contribution in [2.75, 3.05) is 4.90 Å². The molecule has 0 N–H and O–H groups in total. The molecule has 0 fully saturated rings. The third-order valence-corrected chi connectivity index (χ3v) is 14.2. The van der Waals surface area contributed by atoms with Crippen molar-refractivity contribution in [1.29, 1.82) is 0 Å². The Bertz CT molecular complexity index is 3830. The fourth-order valence-corrected chi connectivity index (χ4v) is 11.4. The summed E-state index contributed by atoms with van der Waals surface area (Å²) in [4.78, 5) is 2.43. The lowest BCUT2D eigenvalue weighted by Crippen LogP contribution is -2.26. The van der Waals surface area contributed by atoms with Crippen molar-refractivity contribution in [2.45, 2.75) is 5.41 Å². The van der Waals surface area contributed by atoms with Crippen molar-refractivity contribution >= 4 is 60.5 Å². The highest BCUT2D eigenvalue weighted by atomic mass is 16.3. The molecule has 2 nitrogen and oxygen atoms in total. The lowest BCUT2D eigenvalue weighted by Gasteiger charge is -2.32. The summed E-state index contributed by atoms with van der Waals surface area (Å²) in [5.74, 6) is 0. The van der Waals surface area contributed by atoms with Crippen LogP contribution in [-0.2, 0) is 5.41 Å². The van der Waals surface area contributed by atoms with Crippen LogP contribution >= 0.6 is 0 Å². The maximum Gasteiger partial charge on any atom is 0.143 e. The Hall–Kier alpha value is -8.46. The summed E-state index contributed by atoms with van der Waals surface area (Å²) in [7, 11) is 0. The van der Waals surface area contributed by atoms with E-state index >= 15 is 0 Å². The van der Waals surface area contributed by atoms with Gasteiger partial charge in [-0.2, -0.15) is 0 Å². The summed E-state index contributed by atoms with van der Waals surface area (Å²) in [6.45, 7) is 0. The molecule has 0 atom stereocenters. The first-order chi connectivity index (χ1) is 32.2. The Morgan fingerprint density at radius 1 is 0.308 bits per heavy atom. The molecule has 1 aromatic heterocycles. The van der Waals surface area contributed by atoms with Gasteiger partial charge in [0, 0.05) is 33.4 Å². The normalized spacial score (nSPS) is 13.0. The Kier molecular flexibility index (Phi) is 7.64. The average molecular weight is 826 g/mol. The molecule has 0 aliphatic heterocycles. The predicted molar refractivity (Wildman–Crippen MR) is 271 cm³/mol. The number of hydrogen-bond acceptors (Lipinski definition) is 2. The maximum absolute atomic E-state index is 6.98. The van der Waals surface area contributed by atoms with E-state index in [1.54, 1.807) is 0 Å². The summed E-state index contributed by atoms with van der Waals surface area (Å²) in [5, 5.41) is 6.98. The average Bonchev–Trinajstić information content (AvgIpc) is 3.99. The summed E-state index contributed by atoms with van der Waals surface area (Å²) in [6, 6.07) is 87.0. The summed E-state index contributed by atoms with van der Waals surface area (Å²) in [6.07, 6.45) is 0. The van der Waals surface area contributed by atoms with Gasteiger partial charge in [-0.1, -0.05) is 182 Å². The number of nitrogens with zero attached hydrogens (tertiary/aromatic N) is 1. The molecule has 1 spiro atoms. The van der Waals surface area contributed by atoms with Gasteiger partial charge in [-0.05, 0) is 137 Å². The zero-order valence-corrected chi connectivity index (χ0v) is 35.4. The third-order valence-electron chi connectivity index (χ3n) is 14.2. The Labute approximate surface area is 376 Å². The molecular formula is C63H39NO. The molecule has 0 bridgehead atoms. The monoisotopic (exact) mass is 825 g/mol. The van der Waals surface area contributed by atoms with E-state index in [-0.39, 0.29) is 0 Å². The van der Waals surface area contributed by atoms with Gasteiger partial charge in [0.25, 0.3) is 0 Å². The van der Waals surface area contributed by atoms with Gasteiger partial charge in [0.15, 0.2) is 0 Å². The standard InChI is InChI=1S/C63H39NO/c1-2-14-40(15-3-1)42-28-30-46(31-29-42)64(48-32-34-53-52-22-10-13-25-58(52)63(59(53)39-48)56-23-11-8-20-50(56)51-21-9-12-24-57(51)63)47-33-35-60-54(38-47)55-37-44-18-6-7-19-49(44)61(62(55)65-60)45-27-26-41-16-4-5-17-43(41)36-45/h1-39H. The number of benzene rings is 11. The summed E-state index contributed by atoms with van der Waals surface area (Å²) in [5.41, 5.74) is 19.7. The first-order valence-corrected chi connectivity index (χ1v) is 22.5. The van der Waals surface area contributed by atoms with Crippen LogP contribution < -0.4 is 4.90 Å². The molecule has 2 aliphatic carbocycles. The fourth-order valence-electron chi connectivity index (χ4n) is 11.4. The molecule has 0 saturated carbocycles. The van der Waals surface area contributed by atoms with E-state index in [4.69, 9.17) is 4.42 Å². The smallest absolute Gasteiger partial charge is 0.143 e. The van der Waals surface area contributed by atoms with E-state index in [0.717, 1.165) is 50.1 Å². The SMILES string of the molecule is c1ccc(-c2ccc(N(c3ccc4c(c3)C3(c5ccccc5-c5ccccc53)c3ccccc3-4)c3ccc4oc5c(-c6ccc7ccccc7c6)c6ccccc6cc5c4c3)cc2)cc1. The molecule has 1 heterocycles. The molecule has 11 aromatic carbocycles.